The number of hydrogen-bond donors (Lipinski definition) is 14. The number of carbonyl (C=O) groups is 10. The fourth-order valence-corrected chi connectivity index (χ4v) is 8.32. The summed E-state index contributed by atoms with van der Waals surface area (Å²) in [5, 5.41) is 25.4. The molecule has 8 unspecified atom stereocenters. The number of rotatable bonds is 33. The van der Waals surface area contributed by atoms with Gasteiger partial charge in [0.1, 0.15) is 42.3 Å². The van der Waals surface area contributed by atoms with E-state index in [-0.39, 0.29) is 102 Å². The molecule has 0 aliphatic carbocycles. The molecule has 0 radical (unpaired) electrons. The van der Waals surface area contributed by atoms with Gasteiger partial charge < -0.3 is 82.0 Å². The topological polar surface area (TPSA) is 473 Å². The first kappa shape index (κ1) is 62.9. The third-order valence-electron chi connectivity index (χ3n) is 12.2. The van der Waals surface area contributed by atoms with Gasteiger partial charge in [0.2, 0.25) is 53.2 Å². The van der Waals surface area contributed by atoms with Gasteiger partial charge in [0.25, 0.3) is 0 Å². The van der Waals surface area contributed by atoms with E-state index in [4.69, 9.17) is 40.1 Å². The van der Waals surface area contributed by atoms with Crippen LogP contribution < -0.4 is 72.0 Å². The zero-order valence-corrected chi connectivity index (χ0v) is 43.5. The summed E-state index contributed by atoms with van der Waals surface area (Å²) in [7, 11) is 0. The minimum absolute atomic E-state index is 0.00360. The number of nitrogens with two attached hydrogens (primary N) is 7. The van der Waals surface area contributed by atoms with E-state index in [2.05, 4.69) is 41.9 Å². The molecule has 1 heterocycles. The zero-order valence-electron chi connectivity index (χ0n) is 43.5. The second kappa shape index (κ2) is 32.2. The van der Waals surface area contributed by atoms with Gasteiger partial charge >= 0.3 is 5.97 Å². The smallest absolute Gasteiger partial charge is 0.326 e. The van der Waals surface area contributed by atoms with Gasteiger partial charge in [-0.3, -0.25) is 53.1 Å². The van der Waals surface area contributed by atoms with Gasteiger partial charge in [0.05, 0.1) is 12.5 Å². The van der Waals surface area contributed by atoms with Gasteiger partial charge in [-0.2, -0.15) is 0 Å². The Kier molecular flexibility index (Phi) is 26.3. The number of carbonyl (C=O) groups excluding carboxylic acids is 9. The van der Waals surface area contributed by atoms with Crippen LogP contribution in [0, 0.1) is 5.92 Å². The zero-order chi connectivity index (χ0) is 57.2. The number of nitrogens with one attached hydrogen (secondary N) is 6. The summed E-state index contributed by atoms with van der Waals surface area (Å²) in [4.78, 5) is 143. The molecule has 422 valence electrons. The van der Waals surface area contributed by atoms with E-state index < -0.39 is 114 Å². The first-order valence-corrected chi connectivity index (χ1v) is 25.3. The van der Waals surface area contributed by atoms with Crippen molar-refractivity contribution < 1.29 is 53.1 Å². The van der Waals surface area contributed by atoms with Gasteiger partial charge in [0.15, 0.2) is 11.9 Å². The average Bonchev–Trinajstić information content (AvgIpc) is 3.87. The second-order valence-corrected chi connectivity index (χ2v) is 19.1. The number of carboxylic acid groups (broad SMARTS) is 1. The van der Waals surface area contributed by atoms with Crippen LogP contribution >= 0.6 is 0 Å². The lowest BCUT2D eigenvalue weighted by Gasteiger charge is -2.31. The van der Waals surface area contributed by atoms with Crippen LogP contribution in [-0.4, -0.2) is 149 Å². The van der Waals surface area contributed by atoms with Crippen molar-refractivity contribution in [2.75, 3.05) is 19.6 Å². The Labute approximate surface area is 446 Å². The molecule has 8 atom stereocenters. The van der Waals surface area contributed by atoms with Crippen molar-refractivity contribution in [1.29, 1.82) is 0 Å². The van der Waals surface area contributed by atoms with Crippen LogP contribution in [0.4, 0.5) is 0 Å². The summed E-state index contributed by atoms with van der Waals surface area (Å²) < 4.78 is 0. The van der Waals surface area contributed by atoms with Crippen molar-refractivity contribution in [3.63, 3.8) is 0 Å². The van der Waals surface area contributed by atoms with Crippen molar-refractivity contribution in [2.24, 2.45) is 56.0 Å². The maximum atomic E-state index is 14.7. The summed E-state index contributed by atoms with van der Waals surface area (Å²) in [5.41, 5.74) is 39.8. The highest BCUT2D eigenvalue weighted by molar-refractivity contribution is 5.98. The van der Waals surface area contributed by atoms with Crippen molar-refractivity contribution >= 4 is 71.1 Å². The van der Waals surface area contributed by atoms with Crippen LogP contribution in [0.2, 0.25) is 0 Å². The largest absolute Gasteiger partial charge is 0.480 e. The average molecular weight is 1080 g/mol. The minimum atomic E-state index is -1.72. The van der Waals surface area contributed by atoms with Crippen LogP contribution in [0.1, 0.15) is 89.2 Å². The number of nitrogens with zero attached hydrogens (tertiary/aromatic N) is 3. The predicted octanol–water partition coefficient (Wildman–Crippen LogP) is -3.92. The molecule has 2 aromatic carbocycles. The highest BCUT2D eigenvalue weighted by atomic mass is 16.4. The first-order chi connectivity index (χ1) is 36.4. The molecule has 1 fully saturated rings. The van der Waals surface area contributed by atoms with E-state index >= 15 is 0 Å². The lowest BCUT2D eigenvalue weighted by Crippen LogP contribution is -2.60. The van der Waals surface area contributed by atoms with Gasteiger partial charge in [-0.05, 0) is 68.4 Å². The van der Waals surface area contributed by atoms with E-state index in [1.54, 1.807) is 60.7 Å². The molecular weight excluding hydrogens is 1000 g/mol. The number of carboxylic acids is 1. The van der Waals surface area contributed by atoms with Crippen LogP contribution in [-0.2, 0) is 60.8 Å². The fraction of sp³-hybridized carbons (Fsp3) is 0.520. The van der Waals surface area contributed by atoms with E-state index in [0.29, 0.717) is 17.5 Å². The van der Waals surface area contributed by atoms with Crippen molar-refractivity contribution in [1.82, 2.24) is 36.8 Å². The summed E-state index contributed by atoms with van der Waals surface area (Å²) in [6.45, 7) is 3.76. The van der Waals surface area contributed by atoms with E-state index in [1.807, 2.05) is 13.8 Å². The quantitative estimate of drug-likeness (QED) is 0.0184. The third-order valence-corrected chi connectivity index (χ3v) is 12.2. The number of aliphatic carboxylic acids is 1. The molecule has 27 nitrogen and oxygen atoms in total. The molecule has 1 aliphatic rings. The van der Waals surface area contributed by atoms with Gasteiger partial charge in [-0.1, -0.05) is 74.5 Å². The SMILES string of the molecule is CC(C)CC(NC(=O)C(Cc1ccccc1)NC(=O)C(N)CCC(N)=O)C(=O)NC(Cc1ccccc1)C(=O)NC(CCCN=C(N)N)C(=O)N1CCCC1C(=O)NC(CCCN=C(N)N)C(=O)NC(CC(N)=O)C(=O)O. The molecule has 0 saturated carbocycles. The molecule has 21 N–H and O–H groups in total. The van der Waals surface area contributed by atoms with Gasteiger partial charge in [-0.25, -0.2) is 4.79 Å². The Morgan fingerprint density at radius 2 is 1.04 bits per heavy atom. The number of aliphatic imine (C=N–C) groups is 2. The lowest BCUT2D eigenvalue weighted by atomic mass is 9.99. The van der Waals surface area contributed by atoms with E-state index in [0.717, 1.165) is 0 Å². The van der Waals surface area contributed by atoms with E-state index in [9.17, 15) is 53.1 Å². The highest BCUT2D eigenvalue weighted by Crippen LogP contribution is 2.21. The number of benzene rings is 2. The molecule has 0 bridgehead atoms. The Morgan fingerprint density at radius 1 is 0.584 bits per heavy atom. The molecule has 0 spiro atoms. The Morgan fingerprint density at radius 3 is 1.52 bits per heavy atom. The highest BCUT2D eigenvalue weighted by Gasteiger charge is 2.40. The molecule has 2 aromatic rings. The predicted molar refractivity (Wildman–Crippen MR) is 284 cm³/mol. The normalized spacial score (nSPS) is 15.6. The molecule has 77 heavy (non-hydrogen) atoms. The third kappa shape index (κ3) is 23.0. The van der Waals surface area contributed by atoms with Crippen molar-refractivity contribution in [3.8, 4) is 0 Å². The number of amides is 9. The van der Waals surface area contributed by atoms with Crippen molar-refractivity contribution in [2.45, 2.75) is 139 Å². The maximum Gasteiger partial charge on any atom is 0.326 e. The Bertz CT molecular complexity index is 2400. The molecular formula is C50H76N16O11. The summed E-state index contributed by atoms with van der Waals surface area (Å²) in [6.07, 6.45) is -0.416. The first-order valence-electron chi connectivity index (χ1n) is 25.3. The number of primary amides is 2. The second-order valence-electron chi connectivity index (χ2n) is 19.1. The monoisotopic (exact) mass is 1080 g/mol. The molecule has 1 aliphatic heterocycles. The van der Waals surface area contributed by atoms with Crippen molar-refractivity contribution in [3.05, 3.63) is 71.8 Å². The van der Waals surface area contributed by atoms with Crippen LogP contribution in [0.15, 0.2) is 70.6 Å². The number of guanidine groups is 2. The molecule has 3 rings (SSSR count). The Balaban J connectivity index is 1.96. The molecule has 27 heteroatoms. The van der Waals surface area contributed by atoms with Gasteiger partial charge in [0, 0.05) is 38.9 Å². The molecule has 9 amide bonds. The summed E-state index contributed by atoms with van der Waals surface area (Å²) >= 11 is 0. The molecule has 0 aromatic heterocycles. The number of likely N-dealkylation sites (tertiary alicyclic amines) is 1. The fourth-order valence-electron chi connectivity index (χ4n) is 8.32. The Hall–Kier alpha value is -8.36. The maximum absolute atomic E-state index is 14.7. The lowest BCUT2D eigenvalue weighted by molar-refractivity contribution is -0.144. The number of hydrogen-bond acceptors (Lipinski definition) is 13. The van der Waals surface area contributed by atoms with Crippen LogP contribution in [0.25, 0.3) is 0 Å². The standard InChI is InChI=1S/C50H76N16O11/c1-28(2)24-34(63-45(73)35(25-29-12-5-3-6-13-29)62-41(69)31(51)19-20-39(52)67)43(71)64-36(26-30-14-7-4-8-15-30)44(72)61-33(17-10-22-59-50(56)57)47(75)66-23-11-18-38(66)46(74)60-32(16-9-21-58-49(54)55)42(70)65-37(48(76)77)27-40(53)68/h3-8,12-15,28,31-38H,9-11,16-27,51H2,1-2H3,(H2,52,67)(H2,53,68)(H,60,74)(H,61,72)(H,62,69)(H,63,73)(H,64,71)(H,65,70)(H,76,77)(H4,54,55,58)(H4,56,57,59). The van der Waals surface area contributed by atoms with Crippen LogP contribution in [0.3, 0.4) is 0 Å². The summed E-state index contributed by atoms with van der Waals surface area (Å²) in [6, 6.07) is 6.74. The summed E-state index contributed by atoms with van der Waals surface area (Å²) in [5.74, 6) is -9.35. The van der Waals surface area contributed by atoms with E-state index in [1.165, 1.54) is 4.90 Å². The molecule has 1 saturated heterocycles. The minimum Gasteiger partial charge on any atom is -0.480 e. The van der Waals surface area contributed by atoms with Crippen LogP contribution in [0.5, 0.6) is 0 Å². The van der Waals surface area contributed by atoms with Gasteiger partial charge in [-0.15, -0.1) is 0 Å².